The third-order valence-corrected chi connectivity index (χ3v) is 5.19. The topological polar surface area (TPSA) is 110 Å². The first kappa shape index (κ1) is 15.9. The molecule has 0 radical (unpaired) electrons. The number of aliphatic carboxylic acids is 1. The normalized spacial score (nSPS) is 23.2. The van der Waals surface area contributed by atoms with Gasteiger partial charge in [-0.15, -0.1) is 0 Å². The van der Waals surface area contributed by atoms with Gasteiger partial charge in [-0.3, -0.25) is 9.59 Å². The molecule has 19 heavy (non-hydrogen) atoms. The highest BCUT2D eigenvalue weighted by Crippen LogP contribution is 2.31. The summed E-state index contributed by atoms with van der Waals surface area (Å²) in [6.45, 7) is 0.0685. The van der Waals surface area contributed by atoms with E-state index in [4.69, 9.17) is 5.11 Å². The van der Waals surface area contributed by atoms with Crippen LogP contribution in [0.1, 0.15) is 32.1 Å². The summed E-state index contributed by atoms with van der Waals surface area (Å²) < 4.78 is 31.1. The van der Waals surface area contributed by atoms with Crippen LogP contribution in [-0.2, 0) is 24.3 Å². The Morgan fingerprint density at radius 1 is 1.37 bits per heavy atom. The molecule has 0 bridgehead atoms. The lowest BCUT2D eigenvalue weighted by atomic mass is 10.1. The van der Waals surface area contributed by atoms with Crippen LogP contribution in [0.5, 0.6) is 0 Å². The summed E-state index contributed by atoms with van der Waals surface area (Å²) in [7, 11) is -2.37. The zero-order chi connectivity index (χ0) is 14.5. The van der Waals surface area contributed by atoms with E-state index in [1.165, 1.54) is 7.11 Å². The molecule has 0 aromatic heterocycles. The quantitative estimate of drug-likeness (QED) is 0.509. The van der Waals surface area contributed by atoms with Gasteiger partial charge in [0.1, 0.15) is 0 Å². The van der Waals surface area contributed by atoms with Gasteiger partial charge < -0.3 is 9.84 Å². The number of carboxylic acid groups (broad SMARTS) is 1. The van der Waals surface area contributed by atoms with Gasteiger partial charge in [-0.1, -0.05) is 6.42 Å². The van der Waals surface area contributed by atoms with Crippen LogP contribution >= 0.6 is 0 Å². The maximum Gasteiger partial charge on any atom is 0.310 e. The summed E-state index contributed by atoms with van der Waals surface area (Å²) in [6, 6.07) is 0. The van der Waals surface area contributed by atoms with Crippen molar-refractivity contribution >= 4 is 22.0 Å². The molecular formula is C11H19NO6S. The number of carboxylic acids is 1. The van der Waals surface area contributed by atoms with Gasteiger partial charge in [0.25, 0.3) is 0 Å². The number of ether oxygens (including phenoxy) is 1. The first-order valence-corrected chi connectivity index (χ1v) is 7.71. The van der Waals surface area contributed by atoms with Crippen molar-refractivity contribution in [3.8, 4) is 0 Å². The van der Waals surface area contributed by atoms with E-state index < -0.39 is 33.1 Å². The van der Waals surface area contributed by atoms with Crippen LogP contribution in [0.3, 0.4) is 0 Å². The molecule has 0 amide bonds. The SMILES string of the molecule is COC(=O)C1CCCC1S(=O)(=O)NCCCC(=O)O. The number of esters is 1. The fourth-order valence-corrected chi connectivity index (χ4v) is 4.08. The van der Waals surface area contributed by atoms with Crippen molar-refractivity contribution < 1.29 is 27.9 Å². The van der Waals surface area contributed by atoms with Gasteiger partial charge >= 0.3 is 11.9 Å². The largest absolute Gasteiger partial charge is 0.481 e. The molecule has 7 nitrogen and oxygen atoms in total. The van der Waals surface area contributed by atoms with E-state index in [9.17, 15) is 18.0 Å². The molecule has 110 valence electrons. The zero-order valence-corrected chi connectivity index (χ0v) is 11.6. The number of carbonyl (C=O) groups excluding carboxylic acids is 1. The van der Waals surface area contributed by atoms with Crippen molar-refractivity contribution in [2.45, 2.75) is 37.4 Å². The van der Waals surface area contributed by atoms with Crippen LogP contribution in [0, 0.1) is 5.92 Å². The monoisotopic (exact) mass is 293 g/mol. The Balaban J connectivity index is 2.56. The van der Waals surface area contributed by atoms with Crippen molar-refractivity contribution in [1.82, 2.24) is 4.72 Å². The second-order valence-corrected chi connectivity index (χ2v) is 6.52. The first-order valence-electron chi connectivity index (χ1n) is 6.16. The third-order valence-electron chi connectivity index (χ3n) is 3.23. The van der Waals surface area contributed by atoms with Gasteiger partial charge in [-0.25, -0.2) is 13.1 Å². The molecule has 2 unspecified atom stereocenters. The summed E-state index contributed by atoms with van der Waals surface area (Å²) in [5, 5.41) is 7.69. The van der Waals surface area contributed by atoms with Crippen LogP contribution < -0.4 is 4.72 Å². The number of nitrogens with one attached hydrogen (secondary N) is 1. The molecule has 1 fully saturated rings. The maximum absolute atomic E-state index is 12.0. The Morgan fingerprint density at radius 2 is 2.05 bits per heavy atom. The highest BCUT2D eigenvalue weighted by atomic mass is 32.2. The van der Waals surface area contributed by atoms with Crippen LogP contribution in [0.2, 0.25) is 0 Å². The molecular weight excluding hydrogens is 274 g/mol. The van der Waals surface area contributed by atoms with Gasteiger partial charge in [0.2, 0.25) is 10.0 Å². The van der Waals surface area contributed by atoms with Crippen LogP contribution in [0.25, 0.3) is 0 Å². The molecule has 0 aromatic rings. The molecule has 1 aliphatic rings. The zero-order valence-electron chi connectivity index (χ0n) is 10.8. The lowest BCUT2D eigenvalue weighted by Crippen LogP contribution is -2.39. The highest BCUT2D eigenvalue weighted by molar-refractivity contribution is 7.90. The van der Waals surface area contributed by atoms with Crippen LogP contribution in [0.4, 0.5) is 0 Å². The van der Waals surface area contributed by atoms with Crippen molar-refractivity contribution in [3.05, 3.63) is 0 Å². The van der Waals surface area contributed by atoms with Crippen molar-refractivity contribution in [2.24, 2.45) is 5.92 Å². The van der Waals surface area contributed by atoms with Crippen molar-refractivity contribution in [2.75, 3.05) is 13.7 Å². The minimum absolute atomic E-state index is 0.0685. The molecule has 1 aliphatic carbocycles. The number of carbonyl (C=O) groups is 2. The van der Waals surface area contributed by atoms with Gasteiger partial charge in [-0.05, 0) is 19.3 Å². The molecule has 1 saturated carbocycles. The smallest absolute Gasteiger partial charge is 0.310 e. The fraction of sp³-hybridized carbons (Fsp3) is 0.818. The van der Waals surface area contributed by atoms with Crippen LogP contribution in [0.15, 0.2) is 0 Å². The molecule has 0 heterocycles. The lowest BCUT2D eigenvalue weighted by Gasteiger charge is -2.18. The number of sulfonamides is 1. The maximum atomic E-state index is 12.0. The summed E-state index contributed by atoms with van der Waals surface area (Å²) in [6.07, 6.45) is 1.74. The summed E-state index contributed by atoms with van der Waals surface area (Å²) in [5.74, 6) is -2.09. The molecule has 8 heteroatoms. The van der Waals surface area contributed by atoms with Gasteiger partial charge in [0.15, 0.2) is 0 Å². The Hall–Kier alpha value is -1.15. The van der Waals surface area contributed by atoms with E-state index in [0.29, 0.717) is 19.3 Å². The van der Waals surface area contributed by atoms with E-state index in [-0.39, 0.29) is 19.4 Å². The molecule has 1 rings (SSSR count). The van der Waals surface area contributed by atoms with Gasteiger partial charge in [0, 0.05) is 13.0 Å². The third kappa shape index (κ3) is 4.46. The van der Waals surface area contributed by atoms with Crippen LogP contribution in [-0.4, -0.2) is 44.4 Å². The Morgan fingerprint density at radius 3 is 2.63 bits per heavy atom. The molecule has 2 atom stereocenters. The minimum Gasteiger partial charge on any atom is -0.481 e. The molecule has 2 N–H and O–H groups in total. The summed E-state index contributed by atoms with van der Waals surface area (Å²) in [4.78, 5) is 21.8. The average molecular weight is 293 g/mol. The summed E-state index contributed by atoms with van der Waals surface area (Å²) in [5.41, 5.74) is 0. The number of methoxy groups -OCH3 is 1. The van der Waals surface area contributed by atoms with E-state index in [2.05, 4.69) is 9.46 Å². The number of hydrogen-bond acceptors (Lipinski definition) is 5. The van der Waals surface area contributed by atoms with E-state index in [0.717, 1.165) is 0 Å². The number of hydrogen-bond donors (Lipinski definition) is 2. The van der Waals surface area contributed by atoms with E-state index in [1.807, 2.05) is 0 Å². The van der Waals surface area contributed by atoms with E-state index >= 15 is 0 Å². The number of rotatable bonds is 7. The molecule has 0 saturated heterocycles. The molecule has 0 aliphatic heterocycles. The van der Waals surface area contributed by atoms with E-state index in [1.54, 1.807) is 0 Å². The van der Waals surface area contributed by atoms with Crippen molar-refractivity contribution in [1.29, 1.82) is 0 Å². The molecule has 0 spiro atoms. The standard InChI is InChI=1S/C11H19NO6S/c1-18-11(15)8-4-2-5-9(8)19(16,17)12-7-3-6-10(13)14/h8-9,12H,2-7H2,1H3,(H,13,14). The Labute approximate surface area is 112 Å². The predicted molar refractivity (Wildman–Crippen MR) is 66.9 cm³/mol. The molecule has 0 aromatic carbocycles. The van der Waals surface area contributed by atoms with Crippen molar-refractivity contribution in [3.63, 3.8) is 0 Å². The van der Waals surface area contributed by atoms with Gasteiger partial charge in [0.05, 0.1) is 18.3 Å². The predicted octanol–water partition coefficient (Wildman–Crippen LogP) is 0.112. The fourth-order valence-electron chi connectivity index (χ4n) is 2.28. The highest BCUT2D eigenvalue weighted by Gasteiger charge is 2.41. The lowest BCUT2D eigenvalue weighted by molar-refractivity contribution is -0.145. The minimum atomic E-state index is -3.61. The average Bonchev–Trinajstić information content (AvgIpc) is 2.83. The Bertz CT molecular complexity index is 432. The second-order valence-electron chi connectivity index (χ2n) is 4.54. The van der Waals surface area contributed by atoms with Gasteiger partial charge in [-0.2, -0.15) is 0 Å². The first-order chi connectivity index (χ1) is 8.88. The second kappa shape index (κ2) is 6.85. The summed E-state index contributed by atoms with van der Waals surface area (Å²) >= 11 is 0. The Kier molecular flexibility index (Phi) is 5.74.